The molecular formula is C17H23ClN4O4. The Labute approximate surface area is 158 Å². The number of carbonyl (C=O) groups excluding carboxylic acids is 3. The topological polar surface area (TPSA) is 117 Å². The van der Waals surface area contributed by atoms with Gasteiger partial charge < -0.3 is 20.3 Å². The maximum atomic E-state index is 12.3. The van der Waals surface area contributed by atoms with Gasteiger partial charge in [0, 0.05) is 37.2 Å². The van der Waals surface area contributed by atoms with E-state index in [0.717, 1.165) is 0 Å². The minimum atomic E-state index is -0.298. The number of nitrogen functional groups attached to an aromatic ring is 1. The Hall–Kier alpha value is -2.61. The van der Waals surface area contributed by atoms with Crippen LogP contribution in [0.5, 0.6) is 0 Å². The Morgan fingerprint density at radius 1 is 1.15 bits per heavy atom. The number of amides is 2. The third-order valence-corrected chi connectivity index (χ3v) is 4.07. The van der Waals surface area contributed by atoms with Gasteiger partial charge in [-0.3, -0.25) is 15.0 Å². The first-order chi connectivity index (χ1) is 11.9. The van der Waals surface area contributed by atoms with Crippen LogP contribution in [0.15, 0.2) is 24.3 Å². The number of amidine groups is 1. The quantitative estimate of drug-likeness (QED) is 0.304. The highest BCUT2D eigenvalue weighted by Gasteiger charge is 2.29. The highest BCUT2D eigenvalue weighted by atomic mass is 35.5. The van der Waals surface area contributed by atoms with E-state index in [1.165, 1.54) is 12.0 Å². The largest absolute Gasteiger partial charge is 0.469 e. The molecule has 0 radical (unpaired) electrons. The molecule has 26 heavy (non-hydrogen) atoms. The number of benzene rings is 1. The molecule has 0 atom stereocenters. The summed E-state index contributed by atoms with van der Waals surface area (Å²) in [7, 11) is 1.33. The fourth-order valence-electron chi connectivity index (χ4n) is 2.60. The Bertz CT molecular complexity index is 678. The number of nitrogens with one attached hydrogen (secondary N) is 1. The molecule has 0 spiro atoms. The molecule has 1 heterocycles. The fourth-order valence-corrected chi connectivity index (χ4v) is 2.60. The van der Waals surface area contributed by atoms with Crippen molar-refractivity contribution in [1.29, 1.82) is 5.41 Å². The van der Waals surface area contributed by atoms with Crippen molar-refractivity contribution in [1.82, 2.24) is 9.80 Å². The molecule has 0 aliphatic carbocycles. The summed E-state index contributed by atoms with van der Waals surface area (Å²) in [5.41, 5.74) is 6.40. The van der Waals surface area contributed by atoms with Gasteiger partial charge in [0.1, 0.15) is 5.84 Å². The SMILES string of the molecule is COC(=O)CCCN1CCN(CC(=O)c2ccc(C(=N)N)cc2)C1=O.Cl. The number of nitrogens with two attached hydrogens (primary N) is 1. The van der Waals surface area contributed by atoms with E-state index in [-0.39, 0.29) is 49.0 Å². The van der Waals surface area contributed by atoms with Crippen LogP contribution in [0.4, 0.5) is 4.79 Å². The number of halogens is 1. The van der Waals surface area contributed by atoms with Crippen molar-refractivity contribution in [3.8, 4) is 0 Å². The highest BCUT2D eigenvalue weighted by Crippen LogP contribution is 2.12. The van der Waals surface area contributed by atoms with Crippen molar-refractivity contribution < 1.29 is 19.1 Å². The van der Waals surface area contributed by atoms with Crippen molar-refractivity contribution >= 4 is 36.0 Å². The molecule has 1 aliphatic rings. The van der Waals surface area contributed by atoms with E-state index in [9.17, 15) is 14.4 Å². The summed E-state index contributed by atoms with van der Waals surface area (Å²) < 4.78 is 4.57. The van der Waals surface area contributed by atoms with Gasteiger partial charge in [-0.2, -0.15) is 0 Å². The molecule has 1 aliphatic heterocycles. The molecule has 2 rings (SSSR count). The minimum absolute atomic E-state index is 0. The number of carbonyl (C=O) groups is 3. The van der Waals surface area contributed by atoms with E-state index in [2.05, 4.69) is 4.74 Å². The summed E-state index contributed by atoms with van der Waals surface area (Å²) in [5, 5.41) is 7.34. The molecule has 1 fully saturated rings. The van der Waals surface area contributed by atoms with Gasteiger partial charge in [-0.15, -0.1) is 12.4 Å². The molecule has 8 nitrogen and oxygen atoms in total. The summed E-state index contributed by atoms with van der Waals surface area (Å²) in [6.07, 6.45) is 0.800. The Morgan fingerprint density at radius 2 is 1.73 bits per heavy atom. The predicted octanol–water partition coefficient (Wildman–Crippen LogP) is 1.27. The van der Waals surface area contributed by atoms with Gasteiger partial charge in [0.05, 0.1) is 13.7 Å². The van der Waals surface area contributed by atoms with Crippen molar-refractivity contribution in [3.63, 3.8) is 0 Å². The summed E-state index contributed by atoms with van der Waals surface area (Å²) >= 11 is 0. The maximum absolute atomic E-state index is 12.3. The Kier molecular flexibility index (Phi) is 8.05. The molecule has 0 bridgehead atoms. The second kappa shape index (κ2) is 9.76. The summed E-state index contributed by atoms with van der Waals surface area (Å²) in [6.45, 7) is 1.49. The third kappa shape index (κ3) is 5.45. The summed E-state index contributed by atoms with van der Waals surface area (Å²) in [4.78, 5) is 38.8. The van der Waals surface area contributed by atoms with Gasteiger partial charge in [-0.05, 0) is 6.42 Å². The van der Waals surface area contributed by atoms with Crippen molar-refractivity contribution in [2.45, 2.75) is 12.8 Å². The van der Waals surface area contributed by atoms with E-state index in [1.807, 2.05) is 0 Å². The van der Waals surface area contributed by atoms with Crippen LogP contribution in [0, 0.1) is 5.41 Å². The number of ether oxygens (including phenoxy) is 1. The zero-order valence-electron chi connectivity index (χ0n) is 14.6. The van der Waals surface area contributed by atoms with Crippen LogP contribution in [0.25, 0.3) is 0 Å². The van der Waals surface area contributed by atoms with Gasteiger partial charge in [0.2, 0.25) is 0 Å². The zero-order chi connectivity index (χ0) is 18.4. The number of urea groups is 1. The van der Waals surface area contributed by atoms with Crippen molar-refractivity contribution in [2.75, 3.05) is 33.3 Å². The number of esters is 1. The van der Waals surface area contributed by atoms with Crippen LogP contribution in [0.3, 0.4) is 0 Å². The highest BCUT2D eigenvalue weighted by molar-refractivity contribution is 6.01. The molecule has 1 aromatic rings. The number of rotatable bonds is 8. The summed E-state index contributed by atoms with van der Waals surface area (Å²) in [5.74, 6) is -0.524. The first-order valence-electron chi connectivity index (χ1n) is 8.00. The molecule has 0 saturated carbocycles. The van der Waals surface area contributed by atoms with Gasteiger partial charge in [0.15, 0.2) is 5.78 Å². The minimum Gasteiger partial charge on any atom is -0.469 e. The Morgan fingerprint density at radius 3 is 2.31 bits per heavy atom. The number of hydrogen-bond donors (Lipinski definition) is 2. The molecule has 2 amide bonds. The number of ketones is 1. The molecule has 0 unspecified atom stereocenters. The van der Waals surface area contributed by atoms with Crippen LogP contribution in [0.1, 0.15) is 28.8 Å². The molecule has 1 aromatic carbocycles. The first kappa shape index (κ1) is 21.4. The van der Waals surface area contributed by atoms with Crippen molar-refractivity contribution in [3.05, 3.63) is 35.4 Å². The fraction of sp³-hybridized carbons (Fsp3) is 0.412. The van der Waals surface area contributed by atoms with E-state index in [0.29, 0.717) is 37.2 Å². The monoisotopic (exact) mass is 382 g/mol. The van der Waals surface area contributed by atoms with E-state index in [4.69, 9.17) is 11.1 Å². The maximum Gasteiger partial charge on any atom is 0.320 e. The molecule has 0 aromatic heterocycles. The van der Waals surface area contributed by atoms with Gasteiger partial charge >= 0.3 is 12.0 Å². The van der Waals surface area contributed by atoms with Crippen LogP contribution in [0.2, 0.25) is 0 Å². The molecule has 3 N–H and O–H groups in total. The number of hydrogen-bond acceptors (Lipinski definition) is 5. The zero-order valence-corrected chi connectivity index (χ0v) is 15.4. The first-order valence-corrected chi connectivity index (χ1v) is 8.00. The van der Waals surface area contributed by atoms with Gasteiger partial charge in [-0.1, -0.05) is 24.3 Å². The predicted molar refractivity (Wildman–Crippen MR) is 98.8 cm³/mol. The normalized spacial score (nSPS) is 13.3. The van der Waals surface area contributed by atoms with Crippen LogP contribution < -0.4 is 5.73 Å². The van der Waals surface area contributed by atoms with Crippen LogP contribution >= 0.6 is 12.4 Å². The van der Waals surface area contributed by atoms with Gasteiger partial charge in [0.25, 0.3) is 0 Å². The number of methoxy groups -OCH3 is 1. The third-order valence-electron chi connectivity index (χ3n) is 4.07. The lowest BCUT2D eigenvalue weighted by molar-refractivity contribution is -0.140. The smallest absolute Gasteiger partial charge is 0.320 e. The van der Waals surface area contributed by atoms with E-state index >= 15 is 0 Å². The summed E-state index contributed by atoms with van der Waals surface area (Å²) in [6, 6.07) is 6.24. The lowest BCUT2D eigenvalue weighted by atomic mass is 10.1. The number of nitrogens with zero attached hydrogens (tertiary/aromatic N) is 2. The van der Waals surface area contributed by atoms with Crippen LogP contribution in [-0.2, 0) is 9.53 Å². The lowest BCUT2D eigenvalue weighted by Gasteiger charge is -2.18. The van der Waals surface area contributed by atoms with Gasteiger partial charge in [-0.25, -0.2) is 4.79 Å². The number of Topliss-reactive ketones (excluding diaryl/α,β-unsaturated/α-hetero) is 1. The molecular weight excluding hydrogens is 360 g/mol. The molecule has 142 valence electrons. The average molecular weight is 383 g/mol. The lowest BCUT2D eigenvalue weighted by Crippen LogP contribution is -2.35. The van der Waals surface area contributed by atoms with Crippen molar-refractivity contribution in [2.24, 2.45) is 5.73 Å². The van der Waals surface area contributed by atoms with E-state index in [1.54, 1.807) is 29.2 Å². The van der Waals surface area contributed by atoms with E-state index < -0.39 is 0 Å². The molecule has 1 saturated heterocycles. The average Bonchev–Trinajstić information content (AvgIpc) is 2.95. The second-order valence-corrected chi connectivity index (χ2v) is 5.79. The second-order valence-electron chi connectivity index (χ2n) is 5.79. The molecule has 9 heteroatoms. The van der Waals surface area contributed by atoms with Crippen LogP contribution in [-0.4, -0.2) is 66.7 Å². The Balaban J connectivity index is 0.00000338. The standard InChI is InChI=1S/C17H22N4O4.ClH/c1-25-15(23)3-2-8-20-9-10-21(17(20)24)11-14(22)12-4-6-13(7-5-12)16(18)19;/h4-7H,2-3,8-11H2,1H3,(H3,18,19);1H.